The molecule has 4 nitrogen and oxygen atoms in total. The van der Waals surface area contributed by atoms with E-state index in [1.165, 1.54) is 24.3 Å². The molecular formula is C17H17F3N2O2S. The van der Waals surface area contributed by atoms with Gasteiger partial charge in [0.2, 0.25) is 10.0 Å². The summed E-state index contributed by atoms with van der Waals surface area (Å²) in [6.45, 7) is 0.601. The summed E-state index contributed by atoms with van der Waals surface area (Å²) in [5, 5.41) is 5.17. The molecule has 0 aliphatic carbocycles. The molecule has 0 unspecified atom stereocenters. The van der Waals surface area contributed by atoms with Crippen LogP contribution in [0.1, 0.15) is 23.1 Å². The molecule has 1 aliphatic heterocycles. The van der Waals surface area contributed by atoms with E-state index in [1.54, 1.807) is 17.0 Å². The van der Waals surface area contributed by atoms with E-state index >= 15 is 0 Å². The number of fused-ring (bicyclic) bond motifs is 1. The van der Waals surface area contributed by atoms with Crippen molar-refractivity contribution >= 4 is 15.7 Å². The van der Waals surface area contributed by atoms with Crippen LogP contribution in [0.4, 0.5) is 18.9 Å². The summed E-state index contributed by atoms with van der Waals surface area (Å²) in [5.74, 6) is 0. The summed E-state index contributed by atoms with van der Waals surface area (Å²) in [6.07, 6.45) is -2.90. The minimum absolute atomic E-state index is 0.0396. The third-order valence-electron chi connectivity index (χ3n) is 4.28. The number of alkyl halides is 3. The van der Waals surface area contributed by atoms with Crippen molar-refractivity contribution in [2.75, 3.05) is 11.4 Å². The molecule has 25 heavy (non-hydrogen) atoms. The average molecular weight is 370 g/mol. The van der Waals surface area contributed by atoms with Gasteiger partial charge in [0.25, 0.3) is 0 Å². The van der Waals surface area contributed by atoms with E-state index in [0.29, 0.717) is 12.2 Å². The van der Waals surface area contributed by atoms with Crippen LogP contribution < -0.4 is 10.0 Å². The second-order valence-electron chi connectivity index (χ2n) is 6.02. The molecule has 8 heteroatoms. The quantitative estimate of drug-likeness (QED) is 0.902. The van der Waals surface area contributed by atoms with Crippen LogP contribution in [0.15, 0.2) is 47.4 Å². The van der Waals surface area contributed by atoms with Crippen LogP contribution in [0.5, 0.6) is 0 Å². The summed E-state index contributed by atoms with van der Waals surface area (Å²) in [4.78, 5) is 1.74. The largest absolute Gasteiger partial charge is 0.416 e. The van der Waals surface area contributed by atoms with Gasteiger partial charge < -0.3 is 4.90 Å². The van der Waals surface area contributed by atoms with Crippen LogP contribution in [0.2, 0.25) is 0 Å². The van der Waals surface area contributed by atoms with Crippen molar-refractivity contribution in [3.8, 4) is 0 Å². The van der Waals surface area contributed by atoms with Gasteiger partial charge in [-0.3, -0.25) is 0 Å². The molecule has 0 radical (unpaired) electrons. The Morgan fingerprint density at radius 2 is 1.84 bits per heavy atom. The predicted molar refractivity (Wildman–Crippen MR) is 88.6 cm³/mol. The Hall–Kier alpha value is -2.06. The van der Waals surface area contributed by atoms with E-state index in [2.05, 4.69) is 0 Å². The maximum atomic E-state index is 13.2. The highest BCUT2D eigenvalue weighted by atomic mass is 32.2. The van der Waals surface area contributed by atoms with Crippen molar-refractivity contribution in [1.82, 2.24) is 0 Å². The van der Waals surface area contributed by atoms with Gasteiger partial charge in [-0.25, -0.2) is 13.6 Å². The van der Waals surface area contributed by atoms with E-state index < -0.39 is 21.8 Å². The van der Waals surface area contributed by atoms with Gasteiger partial charge >= 0.3 is 6.18 Å². The van der Waals surface area contributed by atoms with Crippen LogP contribution in [0, 0.1) is 0 Å². The van der Waals surface area contributed by atoms with E-state index in [4.69, 9.17) is 5.14 Å². The fourth-order valence-corrected chi connectivity index (χ4v) is 3.65. The minimum atomic E-state index is -4.43. The first kappa shape index (κ1) is 17.8. The summed E-state index contributed by atoms with van der Waals surface area (Å²) >= 11 is 0. The van der Waals surface area contributed by atoms with Crippen LogP contribution >= 0.6 is 0 Å². The number of primary sulfonamides is 1. The van der Waals surface area contributed by atoms with Crippen molar-refractivity contribution in [2.45, 2.75) is 30.5 Å². The first-order chi connectivity index (χ1) is 11.7. The molecule has 3 rings (SSSR count). The molecule has 2 aromatic carbocycles. The summed E-state index contributed by atoms with van der Waals surface area (Å²) < 4.78 is 62.8. The van der Waals surface area contributed by atoms with E-state index in [-0.39, 0.29) is 17.0 Å². The minimum Gasteiger partial charge on any atom is -0.367 e. The van der Waals surface area contributed by atoms with Crippen LogP contribution in [0.25, 0.3) is 0 Å². The average Bonchev–Trinajstić information content (AvgIpc) is 2.53. The van der Waals surface area contributed by atoms with Crippen molar-refractivity contribution in [3.05, 3.63) is 59.2 Å². The van der Waals surface area contributed by atoms with Crippen molar-refractivity contribution < 1.29 is 21.6 Å². The molecule has 1 aliphatic rings. The second-order valence-corrected chi connectivity index (χ2v) is 7.58. The lowest BCUT2D eigenvalue weighted by Crippen LogP contribution is -2.30. The standard InChI is InChI=1S/C17H17F3N2O2S/c18-17(19,20)15-6-2-1-4-13(15)11-22-9-3-5-12-7-8-14(10-16(12)22)25(21,23)24/h1-2,4,6-8,10H,3,5,9,11H2,(H2,21,23,24). The third kappa shape index (κ3) is 3.80. The van der Waals surface area contributed by atoms with E-state index in [9.17, 15) is 21.6 Å². The van der Waals surface area contributed by atoms with Crippen molar-refractivity contribution in [1.29, 1.82) is 0 Å². The molecule has 134 valence electrons. The first-order valence-electron chi connectivity index (χ1n) is 7.72. The number of halogens is 3. The first-order valence-corrected chi connectivity index (χ1v) is 9.26. The zero-order valence-corrected chi connectivity index (χ0v) is 14.1. The Labute approximate surface area is 144 Å². The number of hydrogen-bond donors (Lipinski definition) is 1. The topological polar surface area (TPSA) is 63.4 Å². The molecule has 0 saturated heterocycles. The normalized spacial score (nSPS) is 15.1. The van der Waals surface area contributed by atoms with Crippen LogP contribution in [0.3, 0.4) is 0 Å². The summed E-state index contributed by atoms with van der Waals surface area (Å²) in [6, 6.07) is 9.98. The molecule has 0 atom stereocenters. The Morgan fingerprint density at radius 1 is 1.12 bits per heavy atom. The molecule has 0 fully saturated rings. The number of nitrogens with two attached hydrogens (primary N) is 1. The lowest BCUT2D eigenvalue weighted by Gasteiger charge is -2.32. The maximum absolute atomic E-state index is 13.2. The van der Waals surface area contributed by atoms with Gasteiger partial charge in [-0.05, 0) is 42.2 Å². The summed E-state index contributed by atoms with van der Waals surface area (Å²) in [5.41, 5.74) is 1.01. The van der Waals surface area contributed by atoms with Gasteiger partial charge in [0, 0.05) is 18.8 Å². The van der Waals surface area contributed by atoms with Gasteiger partial charge in [-0.1, -0.05) is 24.3 Å². The lowest BCUT2D eigenvalue weighted by atomic mass is 10.00. The van der Waals surface area contributed by atoms with Crippen molar-refractivity contribution in [3.63, 3.8) is 0 Å². The fraction of sp³-hybridized carbons (Fsp3) is 0.294. The molecule has 1 heterocycles. The number of aryl methyl sites for hydroxylation is 1. The number of sulfonamides is 1. The van der Waals surface area contributed by atoms with E-state index in [1.807, 2.05) is 0 Å². The highest BCUT2D eigenvalue weighted by Gasteiger charge is 2.33. The number of rotatable bonds is 3. The zero-order valence-electron chi connectivity index (χ0n) is 13.3. The molecule has 0 saturated carbocycles. The molecule has 2 N–H and O–H groups in total. The van der Waals surface area contributed by atoms with E-state index in [0.717, 1.165) is 24.5 Å². The maximum Gasteiger partial charge on any atom is 0.416 e. The SMILES string of the molecule is NS(=O)(=O)c1ccc2c(c1)N(Cc1ccccc1C(F)(F)F)CCC2. The fourth-order valence-electron chi connectivity index (χ4n) is 3.11. The van der Waals surface area contributed by atoms with Gasteiger partial charge in [-0.15, -0.1) is 0 Å². The van der Waals surface area contributed by atoms with Gasteiger partial charge in [0.05, 0.1) is 10.5 Å². The number of hydrogen-bond acceptors (Lipinski definition) is 3. The molecular weight excluding hydrogens is 353 g/mol. The Kier molecular flexibility index (Phi) is 4.51. The number of nitrogens with zero attached hydrogens (tertiary/aromatic N) is 1. The molecule has 0 bridgehead atoms. The van der Waals surface area contributed by atoms with Crippen LogP contribution in [-0.2, 0) is 29.2 Å². The summed E-state index contributed by atoms with van der Waals surface area (Å²) in [7, 11) is -3.87. The van der Waals surface area contributed by atoms with Gasteiger partial charge in [0.15, 0.2) is 0 Å². The highest BCUT2D eigenvalue weighted by molar-refractivity contribution is 7.89. The molecule has 0 spiro atoms. The monoisotopic (exact) mass is 370 g/mol. The molecule has 2 aromatic rings. The Balaban J connectivity index is 2.00. The smallest absolute Gasteiger partial charge is 0.367 e. The van der Waals surface area contributed by atoms with Crippen molar-refractivity contribution in [2.24, 2.45) is 5.14 Å². The highest BCUT2D eigenvalue weighted by Crippen LogP contribution is 2.35. The second kappa shape index (κ2) is 6.34. The number of benzene rings is 2. The lowest BCUT2D eigenvalue weighted by molar-refractivity contribution is -0.138. The van der Waals surface area contributed by atoms with Gasteiger partial charge in [0.1, 0.15) is 0 Å². The predicted octanol–water partition coefficient (Wildman–Crippen LogP) is 3.31. The zero-order chi connectivity index (χ0) is 18.2. The molecule has 0 amide bonds. The van der Waals surface area contributed by atoms with Gasteiger partial charge in [-0.2, -0.15) is 13.2 Å². The Morgan fingerprint density at radius 3 is 2.52 bits per heavy atom. The third-order valence-corrected chi connectivity index (χ3v) is 5.20. The number of anilines is 1. The Bertz CT molecular complexity index is 895. The molecule has 0 aromatic heterocycles. The van der Waals surface area contributed by atoms with Crippen LogP contribution in [-0.4, -0.2) is 15.0 Å².